The Kier molecular flexibility index (Phi) is 3.41. The first-order chi connectivity index (χ1) is 8.97. The molecule has 100 valence electrons. The van der Waals surface area contributed by atoms with Crippen LogP contribution in [0.4, 0.5) is 0 Å². The average molecular weight is 264 g/mol. The molecule has 0 radical (unpaired) electrons. The Morgan fingerprint density at radius 3 is 2.47 bits per heavy atom. The number of nitrogens with one attached hydrogen (secondary N) is 1. The van der Waals surface area contributed by atoms with Gasteiger partial charge in [0, 0.05) is 20.0 Å². The van der Waals surface area contributed by atoms with Gasteiger partial charge in [-0.05, 0) is 0 Å². The number of rotatable bonds is 3. The van der Waals surface area contributed by atoms with Crippen molar-refractivity contribution in [2.24, 2.45) is 0 Å². The minimum absolute atomic E-state index is 0.0204. The number of hydrogen-bond donors (Lipinski definition) is 2. The van der Waals surface area contributed by atoms with Crippen molar-refractivity contribution in [3.63, 3.8) is 0 Å². The topological polar surface area (TPSA) is 112 Å². The number of aromatic nitrogens is 2. The number of amides is 2. The van der Waals surface area contributed by atoms with Crippen LogP contribution in [-0.2, 0) is 4.79 Å². The Labute approximate surface area is 108 Å². The second-order valence-electron chi connectivity index (χ2n) is 4.24. The molecule has 0 saturated carbocycles. The fourth-order valence-electron chi connectivity index (χ4n) is 1.78. The van der Waals surface area contributed by atoms with Crippen LogP contribution in [0, 0.1) is 0 Å². The number of likely N-dealkylation sites (N-methyl/N-ethyl adjacent to an activating group) is 1. The van der Waals surface area contributed by atoms with E-state index in [1.807, 2.05) is 0 Å². The molecule has 1 aromatic heterocycles. The van der Waals surface area contributed by atoms with Gasteiger partial charge in [0.25, 0.3) is 5.91 Å². The Hall–Kier alpha value is -2.51. The molecule has 1 aromatic rings. The van der Waals surface area contributed by atoms with Crippen molar-refractivity contribution in [2.45, 2.75) is 12.5 Å². The van der Waals surface area contributed by atoms with Gasteiger partial charge in [-0.3, -0.25) is 9.59 Å². The molecular formula is C11H12N4O4. The average Bonchev–Trinajstić information content (AvgIpc) is 2.68. The van der Waals surface area contributed by atoms with Crippen LogP contribution in [-0.4, -0.2) is 57.4 Å². The van der Waals surface area contributed by atoms with Gasteiger partial charge >= 0.3 is 5.97 Å². The van der Waals surface area contributed by atoms with Crippen molar-refractivity contribution < 1.29 is 19.5 Å². The zero-order valence-electron chi connectivity index (χ0n) is 10.2. The molecule has 1 aliphatic rings. The van der Waals surface area contributed by atoms with Gasteiger partial charge in [0.1, 0.15) is 5.69 Å². The van der Waals surface area contributed by atoms with Crippen LogP contribution in [0.3, 0.4) is 0 Å². The van der Waals surface area contributed by atoms with Gasteiger partial charge in [-0.15, -0.1) is 0 Å². The van der Waals surface area contributed by atoms with Crippen molar-refractivity contribution in [1.29, 1.82) is 0 Å². The van der Waals surface area contributed by atoms with Crippen LogP contribution in [0.15, 0.2) is 12.4 Å². The van der Waals surface area contributed by atoms with Gasteiger partial charge in [0.15, 0.2) is 5.69 Å². The van der Waals surface area contributed by atoms with Crippen LogP contribution in [0.1, 0.15) is 27.4 Å². The zero-order chi connectivity index (χ0) is 14.0. The highest BCUT2D eigenvalue weighted by atomic mass is 16.4. The van der Waals surface area contributed by atoms with Crippen LogP contribution in [0.25, 0.3) is 0 Å². The number of nitrogens with zero attached hydrogens (tertiary/aromatic N) is 3. The fraction of sp³-hybridized carbons (Fsp3) is 0.364. The van der Waals surface area contributed by atoms with Gasteiger partial charge in [0.2, 0.25) is 5.91 Å². The maximum atomic E-state index is 11.8. The van der Waals surface area contributed by atoms with E-state index in [9.17, 15) is 14.4 Å². The minimum atomic E-state index is -1.21. The lowest BCUT2D eigenvalue weighted by atomic mass is 10.2. The van der Waals surface area contributed by atoms with E-state index in [4.69, 9.17) is 5.11 Å². The molecule has 1 unspecified atom stereocenters. The summed E-state index contributed by atoms with van der Waals surface area (Å²) in [5.41, 5.74) is -0.209. The first-order valence-electron chi connectivity index (χ1n) is 5.57. The van der Waals surface area contributed by atoms with Gasteiger partial charge in [-0.25, -0.2) is 14.8 Å². The SMILES string of the molecule is CN1CC(NC(=O)c2cnc(C(=O)O)cn2)CC1=O. The van der Waals surface area contributed by atoms with Crippen molar-refractivity contribution in [3.05, 3.63) is 23.8 Å². The molecule has 0 bridgehead atoms. The third kappa shape index (κ3) is 2.84. The Morgan fingerprint density at radius 2 is 2.00 bits per heavy atom. The normalized spacial score (nSPS) is 18.5. The monoisotopic (exact) mass is 264 g/mol. The second kappa shape index (κ2) is 5.01. The molecule has 1 fully saturated rings. The Balaban J connectivity index is 2.00. The smallest absolute Gasteiger partial charge is 0.356 e. The lowest BCUT2D eigenvalue weighted by Gasteiger charge is -2.11. The molecule has 0 aliphatic carbocycles. The summed E-state index contributed by atoms with van der Waals surface area (Å²) in [7, 11) is 1.66. The van der Waals surface area contributed by atoms with Gasteiger partial charge in [-0.2, -0.15) is 0 Å². The predicted molar refractivity (Wildman–Crippen MR) is 62.5 cm³/mol. The fourth-order valence-corrected chi connectivity index (χ4v) is 1.78. The highest BCUT2D eigenvalue weighted by molar-refractivity contribution is 5.93. The summed E-state index contributed by atoms with van der Waals surface area (Å²) in [5, 5.41) is 11.3. The molecule has 2 rings (SSSR count). The summed E-state index contributed by atoms with van der Waals surface area (Å²) < 4.78 is 0. The van der Waals surface area contributed by atoms with E-state index < -0.39 is 11.9 Å². The quantitative estimate of drug-likeness (QED) is 0.734. The van der Waals surface area contributed by atoms with Crippen molar-refractivity contribution in [1.82, 2.24) is 20.2 Å². The number of carboxylic acids is 1. The maximum absolute atomic E-state index is 11.8. The highest BCUT2D eigenvalue weighted by Crippen LogP contribution is 2.09. The molecule has 1 aliphatic heterocycles. The third-order valence-electron chi connectivity index (χ3n) is 2.78. The number of carbonyl (C=O) groups excluding carboxylic acids is 2. The zero-order valence-corrected chi connectivity index (χ0v) is 10.2. The van der Waals surface area contributed by atoms with Gasteiger partial charge < -0.3 is 15.3 Å². The summed E-state index contributed by atoms with van der Waals surface area (Å²) in [4.78, 5) is 42.6. The first-order valence-corrected chi connectivity index (χ1v) is 5.57. The Bertz CT molecular complexity index is 528. The lowest BCUT2D eigenvalue weighted by Crippen LogP contribution is -2.37. The van der Waals surface area contributed by atoms with Gasteiger partial charge in [0.05, 0.1) is 18.4 Å². The molecule has 2 amide bonds. The molecule has 0 aromatic carbocycles. The Morgan fingerprint density at radius 1 is 1.37 bits per heavy atom. The van der Waals surface area contributed by atoms with Crippen molar-refractivity contribution >= 4 is 17.8 Å². The van der Waals surface area contributed by atoms with E-state index in [1.54, 1.807) is 7.05 Å². The maximum Gasteiger partial charge on any atom is 0.356 e. The van der Waals surface area contributed by atoms with Crippen LogP contribution in [0.2, 0.25) is 0 Å². The summed E-state index contributed by atoms with van der Waals surface area (Å²) in [6, 6.07) is -0.258. The van der Waals surface area contributed by atoms with Gasteiger partial charge in [-0.1, -0.05) is 0 Å². The van der Waals surface area contributed by atoms with E-state index in [1.165, 1.54) is 4.90 Å². The van der Waals surface area contributed by atoms with Crippen LogP contribution in [0.5, 0.6) is 0 Å². The van der Waals surface area contributed by atoms with E-state index in [0.717, 1.165) is 12.4 Å². The molecule has 2 N–H and O–H groups in total. The molecule has 1 saturated heterocycles. The number of aromatic carboxylic acids is 1. The molecule has 2 heterocycles. The molecular weight excluding hydrogens is 252 g/mol. The first kappa shape index (κ1) is 12.9. The van der Waals surface area contributed by atoms with E-state index in [-0.39, 0.29) is 29.8 Å². The standard InChI is InChI=1S/C11H12N4O4/c1-15-5-6(2-9(15)16)14-10(17)7-3-13-8(4-12-7)11(18)19/h3-4,6H,2,5H2,1H3,(H,14,17)(H,18,19). The summed E-state index contributed by atoms with van der Waals surface area (Å²) in [6.07, 6.45) is 2.37. The van der Waals surface area contributed by atoms with Crippen molar-refractivity contribution in [2.75, 3.05) is 13.6 Å². The van der Waals surface area contributed by atoms with E-state index >= 15 is 0 Å². The summed E-state index contributed by atoms with van der Waals surface area (Å²) >= 11 is 0. The number of carbonyl (C=O) groups is 3. The molecule has 0 spiro atoms. The summed E-state index contributed by atoms with van der Waals surface area (Å²) in [5.74, 6) is -1.71. The lowest BCUT2D eigenvalue weighted by molar-refractivity contribution is -0.126. The molecule has 1 atom stereocenters. The number of carboxylic acid groups (broad SMARTS) is 1. The largest absolute Gasteiger partial charge is 0.476 e. The minimum Gasteiger partial charge on any atom is -0.476 e. The van der Waals surface area contributed by atoms with Crippen molar-refractivity contribution in [3.8, 4) is 0 Å². The van der Waals surface area contributed by atoms with E-state index in [2.05, 4.69) is 15.3 Å². The van der Waals surface area contributed by atoms with Crippen LogP contribution < -0.4 is 5.32 Å². The molecule has 8 heteroatoms. The second-order valence-corrected chi connectivity index (χ2v) is 4.24. The third-order valence-corrected chi connectivity index (χ3v) is 2.78. The predicted octanol–water partition coefficient (Wildman–Crippen LogP) is -0.865. The molecule has 8 nitrogen and oxygen atoms in total. The number of likely N-dealkylation sites (tertiary alicyclic amines) is 1. The molecule has 19 heavy (non-hydrogen) atoms. The highest BCUT2D eigenvalue weighted by Gasteiger charge is 2.28. The summed E-state index contributed by atoms with van der Waals surface area (Å²) in [6.45, 7) is 0.450. The van der Waals surface area contributed by atoms with E-state index in [0.29, 0.717) is 6.54 Å². The number of hydrogen-bond acceptors (Lipinski definition) is 5. The van der Waals surface area contributed by atoms with Crippen LogP contribution >= 0.6 is 0 Å².